The van der Waals surface area contributed by atoms with Crippen molar-refractivity contribution in [3.63, 3.8) is 0 Å². The lowest BCUT2D eigenvalue weighted by Crippen LogP contribution is -2.66. The molecule has 1 fully saturated rings. The minimum Gasteiger partial charge on any atom is -0.481 e. The normalized spacial score (nSPS) is 16.9. The van der Waals surface area contributed by atoms with Crippen LogP contribution in [0.15, 0.2) is 30.3 Å². The van der Waals surface area contributed by atoms with E-state index in [0.29, 0.717) is 4.90 Å². The van der Waals surface area contributed by atoms with Crippen LogP contribution in [0, 0.1) is 5.92 Å². The number of urea groups is 1. The molecule has 0 aliphatic carbocycles. The Morgan fingerprint density at radius 1 is 0.897 bits per heavy atom. The Bertz CT molecular complexity index is 1090. The van der Waals surface area contributed by atoms with Crippen LogP contribution >= 0.6 is 0 Å². The second-order valence-corrected chi connectivity index (χ2v) is 8.78. The summed E-state index contributed by atoms with van der Waals surface area (Å²) < 4.78 is 5.08. The van der Waals surface area contributed by atoms with Crippen LogP contribution in [0.1, 0.15) is 51.0 Å². The summed E-state index contributed by atoms with van der Waals surface area (Å²) in [7, 11) is 0. The van der Waals surface area contributed by atoms with E-state index < -0.39 is 72.7 Å². The number of benzene rings is 1. The zero-order valence-corrected chi connectivity index (χ0v) is 21.3. The Labute approximate surface area is 223 Å². The first-order valence-electron chi connectivity index (χ1n) is 12.3. The van der Waals surface area contributed by atoms with E-state index in [9.17, 15) is 43.8 Å². The summed E-state index contributed by atoms with van der Waals surface area (Å²) in [6.45, 7) is 1.61. The van der Waals surface area contributed by atoms with Crippen LogP contribution < -0.4 is 5.32 Å². The number of amides is 5. The smallest absolute Gasteiger partial charge is 0.407 e. The Morgan fingerprint density at radius 3 is 1.97 bits per heavy atom. The maximum atomic E-state index is 13.2. The summed E-state index contributed by atoms with van der Waals surface area (Å²) in [5.41, 5.74) is 0.791. The van der Waals surface area contributed by atoms with Gasteiger partial charge >= 0.3 is 30.0 Å². The molecule has 0 spiro atoms. The van der Waals surface area contributed by atoms with Gasteiger partial charge in [-0.05, 0) is 37.7 Å². The SMILES string of the molecule is CCC1C(=O)N(C(CCCCNC(=O)OCc2ccccc2)C(=O)O)C(=O)N([C@@H](CCC(=O)O)C(=O)O)C1=O. The number of imide groups is 2. The van der Waals surface area contributed by atoms with Crippen molar-refractivity contribution >= 4 is 41.8 Å². The molecule has 1 aliphatic heterocycles. The first kappa shape index (κ1) is 30.7. The highest BCUT2D eigenvalue weighted by Crippen LogP contribution is 2.27. The van der Waals surface area contributed by atoms with Crippen LogP contribution in [0.5, 0.6) is 0 Å². The molecule has 212 valence electrons. The quantitative estimate of drug-likeness (QED) is 0.183. The summed E-state index contributed by atoms with van der Waals surface area (Å²) in [4.78, 5) is 86.3. The van der Waals surface area contributed by atoms with Gasteiger partial charge in [-0.25, -0.2) is 29.0 Å². The standard InChI is InChI=1S/C25H31N3O11/c1-2-16-20(31)27(25(38)28(21(16)32)18(23(35)36)11-12-19(29)30)17(22(33)34)10-6-7-13-26-24(37)39-14-15-8-4-3-5-9-15/h3-5,8-9,16-18H,2,6-7,10-14H2,1H3,(H,26,37)(H,29,30)(H,33,34)(H,35,36)/t16?,17?,18-/m0/s1. The lowest BCUT2D eigenvalue weighted by atomic mass is 9.95. The third kappa shape index (κ3) is 8.25. The highest BCUT2D eigenvalue weighted by atomic mass is 16.5. The number of carboxylic acid groups (broad SMARTS) is 3. The minimum atomic E-state index is -1.90. The molecule has 0 aromatic heterocycles. The Morgan fingerprint density at radius 2 is 1.46 bits per heavy atom. The Kier molecular flexibility index (Phi) is 11.4. The van der Waals surface area contributed by atoms with Crippen molar-refractivity contribution in [2.75, 3.05) is 6.54 Å². The molecule has 2 unspecified atom stereocenters. The highest BCUT2D eigenvalue weighted by molar-refractivity contribution is 6.18. The topological polar surface area (TPSA) is 208 Å². The summed E-state index contributed by atoms with van der Waals surface area (Å²) >= 11 is 0. The summed E-state index contributed by atoms with van der Waals surface area (Å²) in [5, 5.41) is 30.8. The number of rotatable bonds is 15. The second-order valence-electron chi connectivity index (χ2n) is 8.78. The van der Waals surface area contributed by atoms with Crippen molar-refractivity contribution in [2.24, 2.45) is 5.92 Å². The molecule has 14 nitrogen and oxygen atoms in total. The summed E-state index contributed by atoms with van der Waals surface area (Å²) in [5.74, 6) is -8.27. The average molecular weight is 550 g/mol. The Balaban J connectivity index is 2.05. The number of carbonyl (C=O) groups is 7. The van der Waals surface area contributed by atoms with E-state index in [1.165, 1.54) is 6.92 Å². The van der Waals surface area contributed by atoms with Gasteiger partial charge in [0.2, 0.25) is 11.8 Å². The molecule has 0 bridgehead atoms. The van der Waals surface area contributed by atoms with E-state index in [0.717, 1.165) is 5.56 Å². The predicted molar refractivity (Wildman–Crippen MR) is 131 cm³/mol. The minimum absolute atomic E-state index is 0.0601. The van der Waals surface area contributed by atoms with E-state index in [4.69, 9.17) is 9.84 Å². The van der Waals surface area contributed by atoms with Crippen molar-refractivity contribution < 1.29 is 53.6 Å². The van der Waals surface area contributed by atoms with Crippen LogP contribution in [0.4, 0.5) is 9.59 Å². The van der Waals surface area contributed by atoms with Crippen molar-refractivity contribution in [3.8, 4) is 0 Å². The zero-order chi connectivity index (χ0) is 29.1. The van der Waals surface area contributed by atoms with Gasteiger partial charge in [0.1, 0.15) is 24.6 Å². The van der Waals surface area contributed by atoms with Gasteiger partial charge in [-0.15, -0.1) is 0 Å². The average Bonchev–Trinajstić information content (AvgIpc) is 2.88. The van der Waals surface area contributed by atoms with Gasteiger partial charge < -0.3 is 25.4 Å². The summed E-state index contributed by atoms with van der Waals surface area (Å²) in [6.07, 6.45) is -1.96. The van der Waals surface area contributed by atoms with Gasteiger partial charge in [0, 0.05) is 13.0 Å². The van der Waals surface area contributed by atoms with Crippen molar-refractivity contribution in [2.45, 2.75) is 64.1 Å². The first-order chi connectivity index (χ1) is 18.5. The molecule has 5 amide bonds. The largest absolute Gasteiger partial charge is 0.481 e. The number of barbiturate groups is 1. The molecule has 4 N–H and O–H groups in total. The third-order valence-corrected chi connectivity index (χ3v) is 6.10. The monoisotopic (exact) mass is 549 g/mol. The van der Waals surface area contributed by atoms with E-state index in [1.54, 1.807) is 24.3 Å². The molecule has 1 heterocycles. The van der Waals surface area contributed by atoms with Crippen LogP contribution in [0.25, 0.3) is 0 Å². The number of unbranched alkanes of at least 4 members (excludes halogenated alkanes) is 1. The molecular formula is C25H31N3O11. The van der Waals surface area contributed by atoms with Crippen LogP contribution in [0.2, 0.25) is 0 Å². The highest BCUT2D eigenvalue weighted by Gasteiger charge is 2.52. The lowest BCUT2D eigenvalue weighted by molar-refractivity contribution is -0.162. The van der Waals surface area contributed by atoms with Crippen LogP contribution in [-0.4, -0.2) is 85.6 Å². The Hall–Kier alpha value is -4.49. The molecule has 0 saturated carbocycles. The van der Waals surface area contributed by atoms with Gasteiger partial charge in [0.05, 0.1) is 0 Å². The number of alkyl carbamates (subject to hydrolysis) is 1. The maximum absolute atomic E-state index is 13.2. The number of aliphatic carboxylic acids is 3. The fraction of sp³-hybridized carbons (Fsp3) is 0.480. The number of nitrogens with one attached hydrogen (secondary N) is 1. The lowest BCUT2D eigenvalue weighted by Gasteiger charge is -2.41. The zero-order valence-electron chi connectivity index (χ0n) is 21.3. The second kappa shape index (κ2) is 14.4. The summed E-state index contributed by atoms with van der Waals surface area (Å²) in [6, 6.07) is 3.94. The fourth-order valence-corrected chi connectivity index (χ4v) is 4.08. The van der Waals surface area contributed by atoms with Crippen LogP contribution in [-0.2, 0) is 35.3 Å². The van der Waals surface area contributed by atoms with Gasteiger partial charge in [0.15, 0.2) is 0 Å². The number of carbonyl (C=O) groups excluding carboxylic acids is 4. The molecule has 1 aromatic rings. The van der Waals surface area contributed by atoms with Crippen molar-refractivity contribution in [3.05, 3.63) is 35.9 Å². The van der Waals surface area contributed by atoms with E-state index in [1.807, 2.05) is 6.07 Å². The van der Waals surface area contributed by atoms with Gasteiger partial charge in [-0.3, -0.25) is 14.4 Å². The molecule has 1 aromatic carbocycles. The van der Waals surface area contributed by atoms with E-state index in [-0.39, 0.29) is 43.7 Å². The third-order valence-electron chi connectivity index (χ3n) is 6.10. The molecule has 14 heteroatoms. The fourth-order valence-electron chi connectivity index (χ4n) is 4.08. The molecule has 1 saturated heterocycles. The van der Waals surface area contributed by atoms with Gasteiger partial charge in [-0.1, -0.05) is 37.3 Å². The van der Waals surface area contributed by atoms with E-state index in [2.05, 4.69) is 5.32 Å². The molecule has 0 radical (unpaired) electrons. The number of carboxylic acids is 3. The number of ether oxygens (including phenoxy) is 1. The number of hydrogen-bond donors (Lipinski definition) is 4. The predicted octanol–water partition coefficient (Wildman–Crippen LogP) is 1.67. The molecule has 2 rings (SSSR count). The molecule has 3 atom stereocenters. The molecule has 39 heavy (non-hydrogen) atoms. The number of hydrogen-bond acceptors (Lipinski definition) is 8. The first-order valence-corrected chi connectivity index (χ1v) is 12.3. The number of nitrogens with zero attached hydrogens (tertiary/aromatic N) is 2. The van der Waals surface area contributed by atoms with E-state index >= 15 is 0 Å². The maximum Gasteiger partial charge on any atom is 0.407 e. The molecular weight excluding hydrogens is 518 g/mol. The van der Waals surface area contributed by atoms with Crippen LogP contribution in [0.3, 0.4) is 0 Å². The van der Waals surface area contributed by atoms with Crippen molar-refractivity contribution in [1.29, 1.82) is 0 Å². The van der Waals surface area contributed by atoms with Gasteiger partial charge in [0.25, 0.3) is 0 Å². The van der Waals surface area contributed by atoms with Gasteiger partial charge in [-0.2, -0.15) is 0 Å². The van der Waals surface area contributed by atoms with Crippen molar-refractivity contribution in [1.82, 2.24) is 15.1 Å². The molecule has 1 aliphatic rings.